The number of carbonyl (C=O) groups is 2. The van der Waals surface area contributed by atoms with Crippen LogP contribution in [0.15, 0.2) is 6.07 Å². The first-order valence-electron chi connectivity index (χ1n) is 9.48. The van der Waals surface area contributed by atoms with Gasteiger partial charge in [-0.3, -0.25) is 14.3 Å². The number of morpholine rings is 1. The van der Waals surface area contributed by atoms with Crippen LogP contribution in [0.1, 0.15) is 43.7 Å². The van der Waals surface area contributed by atoms with E-state index in [1.165, 1.54) is 0 Å². The van der Waals surface area contributed by atoms with Crippen molar-refractivity contribution in [3.05, 3.63) is 11.8 Å². The zero-order chi connectivity index (χ0) is 18.1. The van der Waals surface area contributed by atoms with E-state index < -0.39 is 11.8 Å². The van der Waals surface area contributed by atoms with Crippen LogP contribution >= 0.6 is 0 Å². The van der Waals surface area contributed by atoms with E-state index in [1.807, 2.05) is 6.07 Å². The minimum atomic E-state index is -0.605. The Labute approximate surface area is 152 Å². The van der Waals surface area contributed by atoms with Gasteiger partial charge in [0.2, 0.25) is 0 Å². The van der Waals surface area contributed by atoms with Crippen LogP contribution in [0.2, 0.25) is 0 Å². The van der Waals surface area contributed by atoms with Crippen LogP contribution in [0.3, 0.4) is 0 Å². The van der Waals surface area contributed by atoms with E-state index >= 15 is 0 Å². The monoisotopic (exact) mass is 362 g/mol. The van der Waals surface area contributed by atoms with Gasteiger partial charge in [0.05, 0.1) is 31.1 Å². The molecule has 142 valence electrons. The second-order valence-corrected chi connectivity index (χ2v) is 7.35. The maximum absolute atomic E-state index is 12.7. The predicted molar refractivity (Wildman–Crippen MR) is 93.7 cm³/mol. The van der Waals surface area contributed by atoms with Crippen LogP contribution in [0.4, 0.5) is 5.82 Å². The molecule has 26 heavy (non-hydrogen) atoms. The Morgan fingerprint density at radius 1 is 1.23 bits per heavy atom. The smallest absolute Gasteiger partial charge is 0.315 e. The molecule has 4 rings (SSSR count). The molecule has 8 nitrogen and oxygen atoms in total. The number of hydrogen-bond donors (Lipinski definition) is 1. The van der Waals surface area contributed by atoms with Crippen molar-refractivity contribution in [1.82, 2.24) is 14.7 Å². The lowest BCUT2D eigenvalue weighted by atomic mass is 9.99. The molecule has 3 aliphatic rings. The molecule has 0 bridgehead atoms. The average molecular weight is 362 g/mol. The van der Waals surface area contributed by atoms with E-state index in [2.05, 4.69) is 10.4 Å². The molecule has 2 aliphatic heterocycles. The Balaban J connectivity index is 1.42. The number of aromatic nitrogens is 2. The maximum Gasteiger partial charge on any atom is 0.315 e. The molecule has 2 saturated heterocycles. The fraction of sp³-hybridized carbons (Fsp3) is 0.722. The highest BCUT2D eigenvalue weighted by Crippen LogP contribution is 2.30. The van der Waals surface area contributed by atoms with E-state index in [1.54, 1.807) is 16.6 Å². The van der Waals surface area contributed by atoms with Gasteiger partial charge in [0.1, 0.15) is 5.82 Å². The van der Waals surface area contributed by atoms with Crippen LogP contribution in [-0.2, 0) is 26.1 Å². The number of nitrogens with zero attached hydrogens (tertiary/aromatic N) is 3. The fourth-order valence-electron chi connectivity index (χ4n) is 4.26. The quantitative estimate of drug-likeness (QED) is 0.795. The Morgan fingerprint density at radius 2 is 2.12 bits per heavy atom. The number of rotatable bonds is 2. The summed E-state index contributed by atoms with van der Waals surface area (Å²) in [6.07, 6.45) is 5.03. The highest BCUT2D eigenvalue weighted by atomic mass is 16.5. The molecule has 3 atom stereocenters. The van der Waals surface area contributed by atoms with Gasteiger partial charge in [0.25, 0.3) is 0 Å². The first kappa shape index (κ1) is 17.5. The lowest BCUT2D eigenvalue weighted by Gasteiger charge is -2.37. The van der Waals surface area contributed by atoms with E-state index in [-0.39, 0.29) is 18.1 Å². The van der Waals surface area contributed by atoms with Gasteiger partial charge in [-0.05, 0) is 32.1 Å². The number of hydrogen-bond acceptors (Lipinski definition) is 5. The summed E-state index contributed by atoms with van der Waals surface area (Å²) < 4.78 is 12.9. The summed E-state index contributed by atoms with van der Waals surface area (Å²) in [7, 11) is 1.77. The standard InChI is InChI=1S/C18H26N4O4/c1-21-16(10-13(20-21)12-4-3-8-25-11-12)19-17(23)18(24)22-7-9-26-15-6-2-5-14(15)22/h10,12,14-15H,2-9,11H2,1H3,(H,19,23)/t12?,14-,15+/m0/s1. The van der Waals surface area contributed by atoms with Gasteiger partial charge < -0.3 is 19.7 Å². The minimum Gasteiger partial charge on any atom is -0.381 e. The molecule has 2 amide bonds. The van der Waals surface area contributed by atoms with Crippen molar-refractivity contribution >= 4 is 17.6 Å². The van der Waals surface area contributed by atoms with Gasteiger partial charge in [-0.25, -0.2) is 0 Å². The summed E-state index contributed by atoms with van der Waals surface area (Å²) in [5.41, 5.74) is 0.900. The molecular formula is C18H26N4O4. The minimum absolute atomic E-state index is 0.0310. The van der Waals surface area contributed by atoms with Gasteiger partial charge >= 0.3 is 11.8 Å². The molecule has 3 heterocycles. The third kappa shape index (κ3) is 3.35. The van der Waals surface area contributed by atoms with Crippen LogP contribution in [0.25, 0.3) is 0 Å². The van der Waals surface area contributed by atoms with Crippen molar-refractivity contribution in [2.45, 2.75) is 50.2 Å². The maximum atomic E-state index is 12.7. The normalized spacial score (nSPS) is 28.7. The zero-order valence-corrected chi connectivity index (χ0v) is 15.1. The number of amides is 2. The second kappa shape index (κ2) is 7.36. The lowest BCUT2D eigenvalue weighted by molar-refractivity contribution is -0.152. The summed E-state index contributed by atoms with van der Waals surface area (Å²) in [5.74, 6) is -0.295. The molecule has 0 aromatic carbocycles. The van der Waals surface area contributed by atoms with E-state index in [0.717, 1.165) is 44.4 Å². The predicted octanol–water partition coefficient (Wildman–Crippen LogP) is 1.03. The molecule has 0 spiro atoms. The first-order chi connectivity index (χ1) is 12.6. The highest BCUT2D eigenvalue weighted by molar-refractivity contribution is 6.39. The van der Waals surface area contributed by atoms with Crippen molar-refractivity contribution in [2.75, 3.05) is 31.7 Å². The lowest BCUT2D eigenvalue weighted by Crippen LogP contribution is -2.54. The molecule has 3 fully saturated rings. The van der Waals surface area contributed by atoms with Crippen molar-refractivity contribution < 1.29 is 19.1 Å². The highest BCUT2D eigenvalue weighted by Gasteiger charge is 2.40. The molecular weight excluding hydrogens is 336 g/mol. The van der Waals surface area contributed by atoms with Gasteiger partial charge in [-0.2, -0.15) is 5.10 Å². The zero-order valence-electron chi connectivity index (χ0n) is 15.1. The van der Waals surface area contributed by atoms with Crippen LogP contribution < -0.4 is 5.32 Å². The van der Waals surface area contributed by atoms with Crippen molar-refractivity contribution in [1.29, 1.82) is 0 Å². The SMILES string of the molecule is Cn1nc(C2CCCOC2)cc1NC(=O)C(=O)N1CCO[C@@H]2CCC[C@@H]21. The van der Waals surface area contributed by atoms with Gasteiger partial charge in [0, 0.05) is 32.2 Å². The Morgan fingerprint density at radius 3 is 2.92 bits per heavy atom. The van der Waals surface area contributed by atoms with Crippen LogP contribution in [0, 0.1) is 0 Å². The van der Waals surface area contributed by atoms with Gasteiger partial charge in [0.15, 0.2) is 0 Å². The van der Waals surface area contributed by atoms with Crippen molar-refractivity contribution in [3.8, 4) is 0 Å². The Bertz CT molecular complexity index is 683. The van der Waals surface area contributed by atoms with E-state index in [4.69, 9.17) is 9.47 Å². The number of nitrogens with one attached hydrogen (secondary N) is 1. The van der Waals surface area contributed by atoms with E-state index in [9.17, 15) is 9.59 Å². The fourth-order valence-corrected chi connectivity index (χ4v) is 4.26. The average Bonchev–Trinajstić information content (AvgIpc) is 3.28. The third-order valence-electron chi connectivity index (χ3n) is 5.66. The van der Waals surface area contributed by atoms with Gasteiger partial charge in [-0.15, -0.1) is 0 Å². The Kier molecular flexibility index (Phi) is 4.95. The van der Waals surface area contributed by atoms with Crippen LogP contribution in [0.5, 0.6) is 0 Å². The summed E-state index contributed by atoms with van der Waals surface area (Å²) in [6, 6.07) is 1.88. The van der Waals surface area contributed by atoms with Crippen molar-refractivity contribution in [2.24, 2.45) is 7.05 Å². The molecule has 0 radical (unpaired) electrons. The number of anilines is 1. The molecule has 1 N–H and O–H groups in total. The first-order valence-corrected chi connectivity index (χ1v) is 9.48. The molecule has 1 saturated carbocycles. The number of carbonyl (C=O) groups excluding carboxylic acids is 2. The molecule has 1 aliphatic carbocycles. The van der Waals surface area contributed by atoms with E-state index in [0.29, 0.717) is 25.6 Å². The topological polar surface area (TPSA) is 85.7 Å². The summed E-state index contributed by atoms with van der Waals surface area (Å²) in [5, 5.41) is 7.22. The molecule has 1 aromatic rings. The molecule has 1 unspecified atom stereocenters. The second-order valence-electron chi connectivity index (χ2n) is 7.35. The number of fused-ring (bicyclic) bond motifs is 1. The Hall–Kier alpha value is -1.93. The van der Waals surface area contributed by atoms with Gasteiger partial charge in [-0.1, -0.05) is 0 Å². The summed E-state index contributed by atoms with van der Waals surface area (Å²) >= 11 is 0. The summed E-state index contributed by atoms with van der Waals surface area (Å²) in [4.78, 5) is 26.9. The van der Waals surface area contributed by atoms with Crippen LogP contribution in [-0.4, -0.2) is 65.0 Å². The largest absolute Gasteiger partial charge is 0.381 e. The van der Waals surface area contributed by atoms with Crippen molar-refractivity contribution in [3.63, 3.8) is 0 Å². The summed E-state index contributed by atoms with van der Waals surface area (Å²) in [6.45, 7) is 2.42. The molecule has 8 heteroatoms. The molecule has 1 aromatic heterocycles. The number of aryl methyl sites for hydroxylation is 1. The number of ether oxygens (including phenoxy) is 2. The third-order valence-corrected chi connectivity index (χ3v) is 5.66.